The van der Waals surface area contributed by atoms with Crippen LogP contribution in [0.2, 0.25) is 5.02 Å². The summed E-state index contributed by atoms with van der Waals surface area (Å²) in [5.74, 6) is -0.435. The summed E-state index contributed by atoms with van der Waals surface area (Å²) < 4.78 is 0. The summed E-state index contributed by atoms with van der Waals surface area (Å²) in [6.07, 6.45) is 1.47. The van der Waals surface area contributed by atoms with Crippen LogP contribution in [0, 0.1) is 5.92 Å². The van der Waals surface area contributed by atoms with E-state index in [4.69, 9.17) is 17.3 Å². The number of anilines is 1. The lowest BCUT2D eigenvalue weighted by atomic mass is 10.1. The molecule has 17 heavy (non-hydrogen) atoms. The van der Waals surface area contributed by atoms with Crippen molar-refractivity contribution in [3.63, 3.8) is 0 Å². The van der Waals surface area contributed by atoms with E-state index in [1.165, 1.54) is 0 Å². The topological polar surface area (TPSA) is 63.4 Å². The molecular formula is C12H13ClN2O2. The highest BCUT2D eigenvalue weighted by Gasteiger charge is 2.28. The van der Waals surface area contributed by atoms with Gasteiger partial charge in [0.05, 0.1) is 16.5 Å². The van der Waals surface area contributed by atoms with Gasteiger partial charge in [0, 0.05) is 18.8 Å². The Hall–Kier alpha value is -1.55. The molecule has 1 atom stereocenters. The zero-order chi connectivity index (χ0) is 12.4. The first-order valence-electron chi connectivity index (χ1n) is 5.41. The number of rotatable bonds is 3. The largest absolute Gasteiger partial charge is 0.370 e. The average Bonchev–Trinajstić information content (AvgIpc) is 2.77. The number of hydrogen-bond acceptors (Lipinski definition) is 3. The monoisotopic (exact) mass is 252 g/mol. The van der Waals surface area contributed by atoms with Crippen LogP contribution in [0.15, 0.2) is 18.2 Å². The van der Waals surface area contributed by atoms with Crippen molar-refractivity contribution < 1.29 is 9.59 Å². The molecule has 0 aromatic heterocycles. The van der Waals surface area contributed by atoms with Gasteiger partial charge in [-0.25, -0.2) is 0 Å². The molecule has 1 heterocycles. The molecule has 1 aromatic carbocycles. The average molecular weight is 253 g/mol. The van der Waals surface area contributed by atoms with Crippen LogP contribution in [-0.2, 0) is 4.79 Å². The molecule has 2 N–H and O–H groups in total. The van der Waals surface area contributed by atoms with Crippen LogP contribution in [0.5, 0.6) is 0 Å². The minimum absolute atomic E-state index is 0.145. The Morgan fingerprint density at radius 2 is 2.29 bits per heavy atom. The molecule has 0 saturated carbocycles. The van der Waals surface area contributed by atoms with Crippen LogP contribution >= 0.6 is 11.6 Å². The molecule has 1 saturated heterocycles. The molecule has 1 aliphatic rings. The second-order valence-corrected chi connectivity index (χ2v) is 4.53. The molecule has 1 aromatic rings. The minimum atomic E-state index is -0.290. The first kappa shape index (κ1) is 11.9. The number of hydrogen-bond donors (Lipinski definition) is 1. The fourth-order valence-electron chi connectivity index (χ4n) is 2.13. The van der Waals surface area contributed by atoms with Crippen molar-refractivity contribution >= 4 is 29.5 Å². The molecule has 2 rings (SSSR count). The Bertz CT molecular complexity index is 462. The Balaban J connectivity index is 2.27. The van der Waals surface area contributed by atoms with E-state index in [-0.39, 0.29) is 11.8 Å². The van der Waals surface area contributed by atoms with Crippen LogP contribution in [0.1, 0.15) is 16.8 Å². The van der Waals surface area contributed by atoms with Gasteiger partial charge in [0.2, 0.25) is 5.91 Å². The predicted octanol–water partition coefficient (Wildman–Crippen LogP) is 1.46. The number of aldehydes is 1. The summed E-state index contributed by atoms with van der Waals surface area (Å²) in [5.41, 5.74) is 6.52. The maximum absolute atomic E-state index is 11.1. The lowest BCUT2D eigenvalue weighted by molar-refractivity contribution is -0.121. The van der Waals surface area contributed by atoms with E-state index >= 15 is 0 Å². The fourth-order valence-corrected chi connectivity index (χ4v) is 2.34. The molecule has 90 valence electrons. The van der Waals surface area contributed by atoms with E-state index in [1.807, 2.05) is 11.0 Å². The molecule has 1 unspecified atom stereocenters. The van der Waals surface area contributed by atoms with E-state index in [0.717, 1.165) is 24.9 Å². The molecule has 0 spiro atoms. The van der Waals surface area contributed by atoms with Gasteiger partial charge in [-0.15, -0.1) is 0 Å². The van der Waals surface area contributed by atoms with Gasteiger partial charge in [-0.05, 0) is 18.6 Å². The van der Waals surface area contributed by atoms with Crippen molar-refractivity contribution in [1.82, 2.24) is 0 Å². The maximum atomic E-state index is 11.1. The quantitative estimate of drug-likeness (QED) is 0.829. The van der Waals surface area contributed by atoms with Gasteiger partial charge in [-0.1, -0.05) is 17.7 Å². The molecule has 1 amide bonds. The zero-order valence-electron chi connectivity index (χ0n) is 9.23. The summed E-state index contributed by atoms with van der Waals surface area (Å²) in [6.45, 7) is 1.27. The van der Waals surface area contributed by atoms with Crippen LogP contribution in [0.25, 0.3) is 0 Å². The van der Waals surface area contributed by atoms with Crippen molar-refractivity contribution in [2.45, 2.75) is 6.42 Å². The summed E-state index contributed by atoms with van der Waals surface area (Å²) in [4.78, 5) is 24.1. The second kappa shape index (κ2) is 4.75. The van der Waals surface area contributed by atoms with E-state index in [9.17, 15) is 9.59 Å². The number of primary amides is 1. The third kappa shape index (κ3) is 2.26. The summed E-state index contributed by atoms with van der Waals surface area (Å²) in [6, 6.07) is 5.30. The molecule has 1 fully saturated rings. The molecule has 0 radical (unpaired) electrons. The van der Waals surface area contributed by atoms with Crippen molar-refractivity contribution in [2.75, 3.05) is 18.0 Å². The Kier molecular flexibility index (Phi) is 3.33. The smallest absolute Gasteiger partial charge is 0.222 e. The van der Waals surface area contributed by atoms with Gasteiger partial charge >= 0.3 is 0 Å². The number of benzene rings is 1. The molecule has 4 nitrogen and oxygen atoms in total. The number of carbonyl (C=O) groups is 2. The van der Waals surface area contributed by atoms with Crippen molar-refractivity contribution in [2.24, 2.45) is 11.7 Å². The zero-order valence-corrected chi connectivity index (χ0v) is 9.98. The van der Waals surface area contributed by atoms with Crippen LogP contribution in [-0.4, -0.2) is 25.3 Å². The first-order valence-corrected chi connectivity index (χ1v) is 5.79. The highest BCUT2D eigenvalue weighted by atomic mass is 35.5. The van der Waals surface area contributed by atoms with E-state index < -0.39 is 0 Å². The second-order valence-electron chi connectivity index (χ2n) is 4.12. The highest BCUT2D eigenvalue weighted by molar-refractivity contribution is 6.33. The predicted molar refractivity (Wildman–Crippen MR) is 66.4 cm³/mol. The SMILES string of the molecule is NC(=O)C1CCN(c2cccc(Cl)c2C=O)C1. The Morgan fingerprint density at radius 3 is 2.88 bits per heavy atom. The standard InChI is InChI=1S/C12H13ClN2O2/c13-10-2-1-3-11(9(10)7-16)15-5-4-8(6-15)12(14)17/h1-3,7-8H,4-6H2,(H2,14,17). The summed E-state index contributed by atoms with van der Waals surface area (Å²) in [5, 5.41) is 0.431. The van der Waals surface area contributed by atoms with Crippen LogP contribution in [0.3, 0.4) is 0 Å². The molecular weight excluding hydrogens is 240 g/mol. The van der Waals surface area contributed by atoms with Crippen LogP contribution in [0.4, 0.5) is 5.69 Å². The lowest BCUT2D eigenvalue weighted by Gasteiger charge is -2.20. The highest BCUT2D eigenvalue weighted by Crippen LogP contribution is 2.30. The van der Waals surface area contributed by atoms with Gasteiger partial charge in [-0.2, -0.15) is 0 Å². The number of nitrogens with two attached hydrogens (primary N) is 1. The minimum Gasteiger partial charge on any atom is -0.370 e. The van der Waals surface area contributed by atoms with E-state index in [0.29, 0.717) is 17.1 Å². The fraction of sp³-hybridized carbons (Fsp3) is 0.333. The van der Waals surface area contributed by atoms with Crippen molar-refractivity contribution in [3.05, 3.63) is 28.8 Å². The first-order chi connectivity index (χ1) is 8.13. The maximum Gasteiger partial charge on any atom is 0.222 e. The number of carbonyl (C=O) groups excluding carboxylic acids is 2. The molecule has 1 aliphatic heterocycles. The van der Waals surface area contributed by atoms with Gasteiger partial charge < -0.3 is 10.6 Å². The summed E-state index contributed by atoms with van der Waals surface area (Å²) in [7, 11) is 0. The number of halogens is 1. The van der Waals surface area contributed by atoms with E-state index in [1.54, 1.807) is 12.1 Å². The Labute approximate surface area is 104 Å². The molecule has 5 heteroatoms. The normalized spacial score (nSPS) is 19.4. The third-order valence-corrected chi connectivity index (χ3v) is 3.41. The molecule has 0 aliphatic carbocycles. The van der Waals surface area contributed by atoms with Gasteiger partial charge in [0.25, 0.3) is 0 Å². The van der Waals surface area contributed by atoms with Crippen LogP contribution < -0.4 is 10.6 Å². The number of nitrogens with zero attached hydrogens (tertiary/aromatic N) is 1. The van der Waals surface area contributed by atoms with Crippen molar-refractivity contribution in [1.29, 1.82) is 0 Å². The van der Waals surface area contributed by atoms with E-state index in [2.05, 4.69) is 0 Å². The number of amides is 1. The summed E-state index contributed by atoms with van der Waals surface area (Å²) >= 11 is 5.96. The molecule has 0 bridgehead atoms. The Morgan fingerprint density at radius 1 is 1.53 bits per heavy atom. The van der Waals surface area contributed by atoms with Crippen molar-refractivity contribution in [3.8, 4) is 0 Å². The lowest BCUT2D eigenvalue weighted by Crippen LogP contribution is -2.27. The van der Waals surface area contributed by atoms with Gasteiger partial charge in [0.15, 0.2) is 6.29 Å². The van der Waals surface area contributed by atoms with Gasteiger partial charge in [0.1, 0.15) is 0 Å². The third-order valence-electron chi connectivity index (χ3n) is 3.08. The van der Waals surface area contributed by atoms with Gasteiger partial charge in [-0.3, -0.25) is 9.59 Å².